The lowest BCUT2D eigenvalue weighted by Crippen LogP contribution is -2.09. The summed E-state index contributed by atoms with van der Waals surface area (Å²) >= 11 is 0. The Labute approximate surface area is 119 Å². The molecule has 20 heavy (non-hydrogen) atoms. The molecule has 0 aliphatic carbocycles. The van der Waals surface area contributed by atoms with Gasteiger partial charge in [-0.25, -0.2) is 9.67 Å². The van der Waals surface area contributed by atoms with Crippen molar-refractivity contribution in [2.75, 3.05) is 0 Å². The SMILES string of the molecule is CCCn1ncnc1COc1ccc([C@H](C)N)cc1C. The third kappa shape index (κ3) is 3.36. The van der Waals surface area contributed by atoms with Crippen LogP contribution in [0.1, 0.15) is 43.3 Å². The molecule has 2 N–H and O–H groups in total. The van der Waals surface area contributed by atoms with Crippen LogP contribution in [-0.4, -0.2) is 14.8 Å². The summed E-state index contributed by atoms with van der Waals surface area (Å²) in [7, 11) is 0. The number of nitrogens with zero attached hydrogens (tertiary/aromatic N) is 3. The molecule has 0 spiro atoms. The Kier molecular flexibility index (Phi) is 4.74. The lowest BCUT2D eigenvalue weighted by atomic mass is 10.1. The quantitative estimate of drug-likeness (QED) is 0.879. The molecule has 0 saturated carbocycles. The van der Waals surface area contributed by atoms with Crippen molar-refractivity contribution in [2.24, 2.45) is 5.73 Å². The number of hydrogen-bond donors (Lipinski definition) is 1. The van der Waals surface area contributed by atoms with E-state index in [1.807, 2.05) is 30.7 Å². The number of hydrogen-bond acceptors (Lipinski definition) is 4. The largest absolute Gasteiger partial charge is 0.485 e. The van der Waals surface area contributed by atoms with Gasteiger partial charge in [-0.05, 0) is 37.5 Å². The van der Waals surface area contributed by atoms with E-state index in [9.17, 15) is 0 Å². The zero-order valence-corrected chi connectivity index (χ0v) is 12.3. The minimum atomic E-state index is 0.0374. The monoisotopic (exact) mass is 274 g/mol. The maximum atomic E-state index is 5.87. The fourth-order valence-corrected chi connectivity index (χ4v) is 2.06. The normalized spacial score (nSPS) is 12.4. The Morgan fingerprint density at radius 3 is 2.85 bits per heavy atom. The van der Waals surface area contributed by atoms with E-state index in [1.165, 1.54) is 0 Å². The molecule has 0 bridgehead atoms. The van der Waals surface area contributed by atoms with Crippen LogP contribution in [0.15, 0.2) is 24.5 Å². The number of nitrogens with two attached hydrogens (primary N) is 1. The Morgan fingerprint density at radius 2 is 2.20 bits per heavy atom. The highest BCUT2D eigenvalue weighted by Gasteiger charge is 2.07. The van der Waals surface area contributed by atoms with Crippen molar-refractivity contribution in [3.05, 3.63) is 41.5 Å². The van der Waals surface area contributed by atoms with Crippen molar-refractivity contribution < 1.29 is 4.74 Å². The lowest BCUT2D eigenvalue weighted by molar-refractivity contribution is 0.284. The fraction of sp³-hybridized carbons (Fsp3) is 0.467. The molecule has 5 nitrogen and oxygen atoms in total. The standard InChI is InChI=1S/C15H22N4O/c1-4-7-19-15(17-10-18-19)9-20-14-6-5-13(12(3)16)8-11(14)2/h5-6,8,10,12H,4,7,9,16H2,1-3H3/t12-/m0/s1. The lowest BCUT2D eigenvalue weighted by Gasteiger charge is -2.12. The Morgan fingerprint density at radius 1 is 1.40 bits per heavy atom. The average Bonchev–Trinajstić information content (AvgIpc) is 2.85. The molecule has 0 amide bonds. The van der Waals surface area contributed by atoms with Gasteiger partial charge < -0.3 is 10.5 Å². The van der Waals surface area contributed by atoms with Crippen LogP contribution in [0, 0.1) is 6.92 Å². The van der Waals surface area contributed by atoms with Gasteiger partial charge in [-0.1, -0.05) is 19.1 Å². The van der Waals surface area contributed by atoms with Gasteiger partial charge in [-0.3, -0.25) is 0 Å². The van der Waals surface area contributed by atoms with E-state index >= 15 is 0 Å². The predicted molar refractivity (Wildman–Crippen MR) is 78.4 cm³/mol. The van der Waals surface area contributed by atoms with Crippen LogP contribution >= 0.6 is 0 Å². The molecule has 0 aliphatic rings. The molecule has 0 radical (unpaired) electrons. The van der Waals surface area contributed by atoms with Gasteiger partial charge in [-0.15, -0.1) is 0 Å². The first-order chi connectivity index (χ1) is 9.61. The van der Waals surface area contributed by atoms with Crippen molar-refractivity contribution in [2.45, 2.75) is 46.4 Å². The maximum Gasteiger partial charge on any atom is 0.164 e. The van der Waals surface area contributed by atoms with Crippen LogP contribution in [0.2, 0.25) is 0 Å². The summed E-state index contributed by atoms with van der Waals surface area (Å²) in [5.41, 5.74) is 8.07. The molecule has 0 unspecified atom stereocenters. The van der Waals surface area contributed by atoms with Crippen LogP contribution in [0.4, 0.5) is 0 Å². The van der Waals surface area contributed by atoms with E-state index in [4.69, 9.17) is 10.5 Å². The highest BCUT2D eigenvalue weighted by Crippen LogP contribution is 2.22. The molecular weight excluding hydrogens is 252 g/mol. The molecule has 0 saturated heterocycles. The van der Waals surface area contributed by atoms with E-state index in [2.05, 4.69) is 23.1 Å². The van der Waals surface area contributed by atoms with Gasteiger partial charge in [0, 0.05) is 12.6 Å². The molecule has 1 heterocycles. The first-order valence-electron chi connectivity index (χ1n) is 6.97. The number of benzene rings is 1. The minimum absolute atomic E-state index is 0.0374. The van der Waals surface area contributed by atoms with Crippen LogP contribution in [0.25, 0.3) is 0 Å². The van der Waals surface area contributed by atoms with Gasteiger partial charge in [0.15, 0.2) is 5.82 Å². The van der Waals surface area contributed by atoms with E-state index in [0.717, 1.165) is 35.7 Å². The van der Waals surface area contributed by atoms with Crippen LogP contribution < -0.4 is 10.5 Å². The zero-order valence-electron chi connectivity index (χ0n) is 12.3. The minimum Gasteiger partial charge on any atom is -0.485 e. The van der Waals surface area contributed by atoms with Crippen LogP contribution in [-0.2, 0) is 13.2 Å². The summed E-state index contributed by atoms with van der Waals surface area (Å²) in [5, 5.41) is 4.19. The van der Waals surface area contributed by atoms with E-state index < -0.39 is 0 Å². The van der Waals surface area contributed by atoms with Crippen LogP contribution in [0.5, 0.6) is 5.75 Å². The Bertz CT molecular complexity index is 563. The van der Waals surface area contributed by atoms with E-state index in [1.54, 1.807) is 6.33 Å². The first kappa shape index (κ1) is 14.5. The zero-order chi connectivity index (χ0) is 14.5. The molecular formula is C15H22N4O. The maximum absolute atomic E-state index is 5.87. The third-order valence-electron chi connectivity index (χ3n) is 3.21. The molecule has 2 rings (SSSR count). The number of aryl methyl sites for hydroxylation is 2. The Hall–Kier alpha value is -1.88. The number of rotatable bonds is 6. The van der Waals surface area contributed by atoms with Crippen molar-refractivity contribution in [3.63, 3.8) is 0 Å². The van der Waals surface area contributed by atoms with Gasteiger partial charge in [0.2, 0.25) is 0 Å². The van der Waals surface area contributed by atoms with Crippen molar-refractivity contribution in [1.82, 2.24) is 14.8 Å². The summed E-state index contributed by atoms with van der Waals surface area (Å²) in [6.45, 7) is 7.41. The second-order valence-electron chi connectivity index (χ2n) is 5.00. The number of ether oxygens (including phenoxy) is 1. The van der Waals surface area contributed by atoms with E-state index in [0.29, 0.717) is 6.61 Å². The molecule has 2 aromatic rings. The Balaban J connectivity index is 2.05. The molecule has 108 valence electrons. The van der Waals surface area contributed by atoms with Gasteiger partial charge in [0.1, 0.15) is 18.7 Å². The average molecular weight is 274 g/mol. The number of aromatic nitrogens is 3. The fourth-order valence-electron chi connectivity index (χ4n) is 2.06. The molecule has 0 fully saturated rings. The van der Waals surface area contributed by atoms with Gasteiger partial charge >= 0.3 is 0 Å². The first-order valence-corrected chi connectivity index (χ1v) is 6.97. The highest BCUT2D eigenvalue weighted by molar-refractivity contribution is 5.37. The smallest absolute Gasteiger partial charge is 0.164 e. The molecule has 5 heteroatoms. The van der Waals surface area contributed by atoms with Crippen molar-refractivity contribution >= 4 is 0 Å². The third-order valence-corrected chi connectivity index (χ3v) is 3.21. The summed E-state index contributed by atoms with van der Waals surface area (Å²) in [4.78, 5) is 4.23. The van der Waals surface area contributed by atoms with Gasteiger partial charge in [0.25, 0.3) is 0 Å². The molecule has 1 aromatic heterocycles. The topological polar surface area (TPSA) is 66.0 Å². The summed E-state index contributed by atoms with van der Waals surface area (Å²) in [5.74, 6) is 1.71. The summed E-state index contributed by atoms with van der Waals surface area (Å²) in [6, 6.07) is 6.07. The van der Waals surface area contributed by atoms with Gasteiger partial charge in [0.05, 0.1) is 0 Å². The predicted octanol–water partition coefficient (Wildman–Crippen LogP) is 2.60. The second-order valence-corrected chi connectivity index (χ2v) is 5.00. The molecule has 1 atom stereocenters. The summed E-state index contributed by atoms with van der Waals surface area (Å²) < 4.78 is 7.72. The highest BCUT2D eigenvalue weighted by atomic mass is 16.5. The van der Waals surface area contributed by atoms with Crippen molar-refractivity contribution in [1.29, 1.82) is 0 Å². The van der Waals surface area contributed by atoms with Gasteiger partial charge in [-0.2, -0.15) is 5.10 Å². The van der Waals surface area contributed by atoms with Crippen molar-refractivity contribution in [3.8, 4) is 5.75 Å². The molecule has 0 aliphatic heterocycles. The summed E-state index contributed by atoms with van der Waals surface area (Å²) in [6.07, 6.45) is 2.60. The van der Waals surface area contributed by atoms with Crippen LogP contribution in [0.3, 0.4) is 0 Å². The van der Waals surface area contributed by atoms with E-state index in [-0.39, 0.29) is 6.04 Å². The second kappa shape index (κ2) is 6.52. The molecule has 1 aromatic carbocycles.